The fourth-order valence-electron chi connectivity index (χ4n) is 3.10. The summed E-state index contributed by atoms with van der Waals surface area (Å²) < 4.78 is 0.939. The first-order valence-corrected chi connectivity index (χ1v) is 8.43. The van der Waals surface area contributed by atoms with Gasteiger partial charge in [-0.05, 0) is 49.6 Å². The van der Waals surface area contributed by atoms with Crippen molar-refractivity contribution in [3.8, 4) is 0 Å². The highest BCUT2D eigenvalue weighted by Gasteiger charge is 2.39. The fourth-order valence-corrected chi connectivity index (χ4v) is 3.58. The van der Waals surface area contributed by atoms with Crippen LogP contribution in [0, 0.1) is 19.8 Å². The topological polar surface area (TPSA) is 37.4 Å². The summed E-state index contributed by atoms with van der Waals surface area (Å²) in [6.07, 6.45) is 0.889. The number of amides is 2. The van der Waals surface area contributed by atoms with Gasteiger partial charge >= 0.3 is 0 Å². The second kappa shape index (κ2) is 6.28. The molecule has 1 atom stereocenters. The summed E-state index contributed by atoms with van der Waals surface area (Å²) in [4.78, 5) is 26.5. The van der Waals surface area contributed by atoms with Crippen molar-refractivity contribution in [2.75, 3.05) is 4.90 Å². The molecule has 1 aliphatic rings. The molecule has 0 N–H and O–H groups in total. The van der Waals surface area contributed by atoms with Gasteiger partial charge in [0.05, 0.1) is 11.6 Å². The first-order chi connectivity index (χ1) is 11.0. The van der Waals surface area contributed by atoms with E-state index in [0.29, 0.717) is 12.1 Å². The smallest absolute Gasteiger partial charge is 0.237 e. The molecule has 1 heterocycles. The predicted molar refractivity (Wildman–Crippen MR) is 94.4 cm³/mol. The standard InChI is InChI=1S/C19H18BrNO2/c1-12-4-3-5-14(8-12)10-15-11-18(22)21(19(15)23)17-7-6-16(20)9-13(17)2/h3-9,15H,10-11H2,1-2H3. The van der Waals surface area contributed by atoms with Gasteiger partial charge in [0.2, 0.25) is 11.8 Å². The normalized spacial score (nSPS) is 17.9. The van der Waals surface area contributed by atoms with Crippen molar-refractivity contribution >= 4 is 33.4 Å². The molecule has 4 heteroatoms. The lowest BCUT2D eigenvalue weighted by Gasteiger charge is -2.17. The molecule has 1 fully saturated rings. The van der Waals surface area contributed by atoms with Gasteiger partial charge in [-0.3, -0.25) is 14.5 Å². The third kappa shape index (κ3) is 3.22. The number of hydrogen-bond donors (Lipinski definition) is 0. The molecule has 2 amide bonds. The summed E-state index contributed by atoms with van der Waals surface area (Å²) in [5, 5.41) is 0. The summed E-state index contributed by atoms with van der Waals surface area (Å²) in [6, 6.07) is 13.7. The Morgan fingerprint density at radius 3 is 2.61 bits per heavy atom. The van der Waals surface area contributed by atoms with Crippen LogP contribution in [0.1, 0.15) is 23.1 Å². The number of carbonyl (C=O) groups is 2. The van der Waals surface area contributed by atoms with Crippen molar-refractivity contribution in [3.05, 3.63) is 63.6 Å². The summed E-state index contributed by atoms with van der Waals surface area (Å²) >= 11 is 3.41. The molecule has 2 aromatic rings. The number of nitrogens with zero attached hydrogens (tertiary/aromatic N) is 1. The maximum atomic E-state index is 12.7. The minimum atomic E-state index is -0.271. The van der Waals surface area contributed by atoms with Crippen LogP contribution in [-0.4, -0.2) is 11.8 Å². The Morgan fingerprint density at radius 2 is 1.91 bits per heavy atom. The summed E-state index contributed by atoms with van der Waals surface area (Å²) in [5.41, 5.74) is 3.87. The minimum absolute atomic E-state index is 0.0954. The van der Waals surface area contributed by atoms with E-state index in [-0.39, 0.29) is 24.2 Å². The number of carbonyl (C=O) groups excluding carboxylic acids is 2. The monoisotopic (exact) mass is 371 g/mol. The number of rotatable bonds is 3. The van der Waals surface area contributed by atoms with E-state index in [1.807, 2.05) is 50.2 Å². The third-order valence-electron chi connectivity index (χ3n) is 4.20. The van der Waals surface area contributed by atoms with Gasteiger partial charge in [0.1, 0.15) is 0 Å². The fraction of sp³-hybridized carbons (Fsp3) is 0.263. The van der Waals surface area contributed by atoms with Crippen LogP contribution in [0.3, 0.4) is 0 Å². The van der Waals surface area contributed by atoms with Gasteiger partial charge in [-0.1, -0.05) is 45.8 Å². The van der Waals surface area contributed by atoms with Crippen LogP contribution in [0.25, 0.3) is 0 Å². The molecule has 3 nitrogen and oxygen atoms in total. The number of imide groups is 1. The van der Waals surface area contributed by atoms with Gasteiger partial charge in [0.25, 0.3) is 0 Å². The molecule has 1 saturated heterocycles. The van der Waals surface area contributed by atoms with Gasteiger partial charge in [-0.25, -0.2) is 0 Å². The van der Waals surface area contributed by atoms with E-state index < -0.39 is 0 Å². The Labute approximate surface area is 144 Å². The van der Waals surface area contributed by atoms with E-state index in [9.17, 15) is 9.59 Å². The molecular formula is C19H18BrNO2. The Morgan fingerprint density at radius 1 is 1.13 bits per heavy atom. The van der Waals surface area contributed by atoms with Crippen molar-refractivity contribution in [2.45, 2.75) is 26.7 Å². The summed E-state index contributed by atoms with van der Waals surface area (Å²) in [7, 11) is 0. The molecule has 3 rings (SSSR count). The van der Waals surface area contributed by atoms with Crippen LogP contribution >= 0.6 is 15.9 Å². The highest BCUT2D eigenvalue weighted by Crippen LogP contribution is 2.32. The maximum absolute atomic E-state index is 12.7. The molecule has 0 saturated carbocycles. The van der Waals surface area contributed by atoms with Crippen molar-refractivity contribution in [3.63, 3.8) is 0 Å². The molecule has 1 unspecified atom stereocenters. The molecule has 0 aliphatic carbocycles. The Balaban J connectivity index is 1.85. The van der Waals surface area contributed by atoms with Crippen molar-refractivity contribution in [1.29, 1.82) is 0 Å². The van der Waals surface area contributed by atoms with Gasteiger partial charge < -0.3 is 0 Å². The second-order valence-electron chi connectivity index (χ2n) is 6.09. The molecule has 0 spiro atoms. The predicted octanol–water partition coefficient (Wildman–Crippen LogP) is 4.19. The quantitative estimate of drug-likeness (QED) is 0.758. The van der Waals surface area contributed by atoms with Crippen LogP contribution in [0.15, 0.2) is 46.9 Å². The molecular weight excluding hydrogens is 354 g/mol. The van der Waals surface area contributed by atoms with Gasteiger partial charge in [-0.15, -0.1) is 0 Å². The van der Waals surface area contributed by atoms with E-state index in [4.69, 9.17) is 0 Å². The van der Waals surface area contributed by atoms with E-state index in [1.54, 1.807) is 0 Å². The number of aryl methyl sites for hydroxylation is 2. The average molecular weight is 372 g/mol. The number of halogens is 1. The van der Waals surface area contributed by atoms with Gasteiger partial charge in [0, 0.05) is 10.9 Å². The second-order valence-corrected chi connectivity index (χ2v) is 7.01. The zero-order valence-electron chi connectivity index (χ0n) is 13.2. The molecule has 0 bridgehead atoms. The molecule has 118 valence electrons. The highest BCUT2D eigenvalue weighted by atomic mass is 79.9. The van der Waals surface area contributed by atoms with Crippen molar-refractivity contribution in [1.82, 2.24) is 0 Å². The van der Waals surface area contributed by atoms with Crippen molar-refractivity contribution < 1.29 is 9.59 Å². The Bertz CT molecular complexity index is 785. The van der Waals surface area contributed by atoms with Gasteiger partial charge in [0.15, 0.2) is 0 Å². The van der Waals surface area contributed by atoms with E-state index in [2.05, 4.69) is 22.0 Å². The third-order valence-corrected chi connectivity index (χ3v) is 4.70. The van der Waals surface area contributed by atoms with Crippen LogP contribution in [0.5, 0.6) is 0 Å². The molecule has 1 aliphatic heterocycles. The lowest BCUT2D eigenvalue weighted by Crippen LogP contribution is -2.31. The zero-order valence-corrected chi connectivity index (χ0v) is 14.8. The lowest BCUT2D eigenvalue weighted by molar-refractivity contribution is -0.122. The minimum Gasteiger partial charge on any atom is -0.274 e. The SMILES string of the molecule is Cc1cccc(CC2CC(=O)N(c3ccc(Br)cc3C)C2=O)c1. The van der Waals surface area contributed by atoms with Gasteiger partial charge in [-0.2, -0.15) is 0 Å². The number of anilines is 1. The van der Waals surface area contributed by atoms with Crippen LogP contribution in [-0.2, 0) is 16.0 Å². The largest absolute Gasteiger partial charge is 0.274 e. The Hall–Kier alpha value is -1.94. The number of hydrogen-bond acceptors (Lipinski definition) is 2. The molecule has 23 heavy (non-hydrogen) atoms. The summed E-state index contributed by atoms with van der Waals surface area (Å²) in [6.45, 7) is 3.94. The molecule has 2 aromatic carbocycles. The Kier molecular flexibility index (Phi) is 4.35. The van der Waals surface area contributed by atoms with E-state index >= 15 is 0 Å². The van der Waals surface area contributed by atoms with Crippen LogP contribution in [0.2, 0.25) is 0 Å². The number of benzene rings is 2. The average Bonchev–Trinajstić information content (AvgIpc) is 2.74. The van der Waals surface area contributed by atoms with Crippen LogP contribution < -0.4 is 4.90 Å². The first kappa shape index (κ1) is 15.9. The zero-order chi connectivity index (χ0) is 16.6. The van der Waals surface area contributed by atoms with Crippen molar-refractivity contribution in [2.24, 2.45) is 5.92 Å². The van der Waals surface area contributed by atoms with Crippen LogP contribution in [0.4, 0.5) is 5.69 Å². The lowest BCUT2D eigenvalue weighted by atomic mass is 9.97. The molecule has 0 radical (unpaired) electrons. The molecule has 0 aromatic heterocycles. The first-order valence-electron chi connectivity index (χ1n) is 7.64. The van der Waals surface area contributed by atoms with E-state index in [1.165, 1.54) is 10.5 Å². The highest BCUT2D eigenvalue weighted by molar-refractivity contribution is 9.10. The summed E-state index contributed by atoms with van der Waals surface area (Å²) in [5.74, 6) is -0.479. The maximum Gasteiger partial charge on any atom is 0.237 e. The van der Waals surface area contributed by atoms with E-state index in [0.717, 1.165) is 15.6 Å².